The number of nitrogens with two attached hydrogens (primary N) is 1. The first-order valence-electron chi connectivity index (χ1n) is 28.1. The Kier molecular flexibility index (Phi) is 42.7. The third kappa shape index (κ3) is 37.1. The fourth-order valence-electron chi connectivity index (χ4n) is 9.11. The summed E-state index contributed by atoms with van der Waals surface area (Å²) in [6.07, 6.45) is -2.45. The molecule has 0 bridgehead atoms. The van der Waals surface area contributed by atoms with Crippen LogP contribution in [-0.2, 0) is 189 Å². The lowest BCUT2D eigenvalue weighted by atomic mass is 9.76. The molecule has 46 nitrogen and oxygen atoms in total. The number of ether oxygens (including phenoxy) is 1. The average molecular weight is 1390 g/mol. The number of carboxylic acid groups (broad SMARTS) is 3. The minimum Gasteiger partial charge on any atom is -0.481 e. The van der Waals surface area contributed by atoms with E-state index in [4.69, 9.17) is 35.6 Å². The summed E-state index contributed by atoms with van der Waals surface area (Å²) in [6.45, 7) is -3.86. The van der Waals surface area contributed by atoms with E-state index in [1.54, 1.807) is 30.3 Å². The van der Waals surface area contributed by atoms with Crippen molar-refractivity contribution in [3.05, 3.63) is 35.9 Å². The Morgan fingerprint density at radius 3 is 1.68 bits per heavy atom. The van der Waals surface area contributed by atoms with Crippen LogP contribution in [0.4, 0.5) is 4.79 Å². The lowest BCUT2D eigenvalue weighted by Crippen LogP contribution is -2.45. The van der Waals surface area contributed by atoms with Crippen LogP contribution in [0.3, 0.4) is 0 Å². The standard InChI is InChI=1S/C49H71N5O41/c1-69-74-78-82-86-90-94-92-88-84-80-76-72-29-49(28-71-48(68)51-21-20-44(61)62,30-73-77-81-85-89-93-95-91-87-83-79-75-70-2)25-35(55)16-18-39(56)34(22-31-8-4-3-5-9-31)23-40(57)33-14-12-32(13-15-33)27-54-43(60)24-36(46(54)65)38(17-19-41(58)52-26-45(63)64)53-42(59)11-7-6-10-37(50)47(66)67/h3-5,8-9,32-34,36-38H,6-7,10-30,50H2,1-2H3,(H,51,68)(H,52,58)(H,53,59)(H,61,62)(H,63,64)(H,66,67). The molecule has 1 aliphatic carbocycles. The van der Waals surface area contributed by atoms with E-state index in [9.17, 15) is 52.7 Å². The first kappa shape index (κ1) is 82.1. The Morgan fingerprint density at radius 2 is 1.16 bits per heavy atom. The van der Waals surface area contributed by atoms with Gasteiger partial charge in [0.2, 0.25) is 23.6 Å². The van der Waals surface area contributed by atoms with Crippen LogP contribution in [0.25, 0.3) is 0 Å². The minimum absolute atomic E-state index is 0.0125. The number of likely N-dealkylation sites (tertiary alicyclic amines) is 1. The molecule has 95 heavy (non-hydrogen) atoms. The molecule has 1 saturated carbocycles. The number of nitrogens with zero attached hydrogens (tertiary/aromatic N) is 1. The molecule has 2 aliphatic rings. The summed E-state index contributed by atoms with van der Waals surface area (Å²) in [6, 6.07) is 6.52. The molecule has 3 rings (SSSR count). The summed E-state index contributed by atoms with van der Waals surface area (Å²) in [5.41, 5.74) is 4.24. The largest absolute Gasteiger partial charge is 0.481 e. The van der Waals surface area contributed by atoms with Crippen LogP contribution in [0.5, 0.6) is 0 Å². The maximum absolute atomic E-state index is 14.2. The Morgan fingerprint density at radius 1 is 0.611 bits per heavy atom. The Labute approximate surface area is 533 Å². The molecule has 8 N–H and O–H groups in total. The maximum Gasteiger partial charge on any atom is 0.407 e. The summed E-state index contributed by atoms with van der Waals surface area (Å²) < 4.78 is 5.23. The van der Waals surface area contributed by atoms with Crippen LogP contribution in [-0.4, -0.2) is 151 Å². The first-order chi connectivity index (χ1) is 45.8. The van der Waals surface area contributed by atoms with Crippen LogP contribution in [0.2, 0.25) is 0 Å². The summed E-state index contributed by atoms with van der Waals surface area (Å²) in [5, 5.41) is 119. The van der Waals surface area contributed by atoms with Crippen molar-refractivity contribution in [2.24, 2.45) is 34.8 Å². The normalized spacial score (nSPS) is 16.6. The smallest absolute Gasteiger partial charge is 0.407 e. The molecule has 0 radical (unpaired) electrons. The predicted octanol–water partition coefficient (Wildman–Crippen LogP) is 0.571. The van der Waals surface area contributed by atoms with Crippen molar-refractivity contribution < 1.29 is 203 Å². The van der Waals surface area contributed by atoms with Crippen LogP contribution < -0.4 is 21.7 Å². The SMILES string of the molecule is COOOOOOOOOOOOOCC(COOOOOOOOOOOOOC)(COC(=O)NCCC(=O)O)CC(=O)CCC(=O)C(CC(=O)C1CCC(CN2C(=O)CC(C(CCC(=O)NCC(=O)O)NC(=O)CCCCC(N)C(=O)O)C2=O)CC1)Cc1ccccc1. The van der Waals surface area contributed by atoms with Crippen molar-refractivity contribution in [1.29, 1.82) is 0 Å². The van der Waals surface area contributed by atoms with Crippen molar-refractivity contribution >= 4 is 65.0 Å². The minimum atomic E-state index is -2.00. The van der Waals surface area contributed by atoms with E-state index in [1.165, 1.54) is 0 Å². The molecule has 4 atom stereocenters. The highest BCUT2D eigenvalue weighted by atomic mass is 18.0. The number of hydrogen-bond donors (Lipinski definition) is 7. The van der Waals surface area contributed by atoms with Crippen LogP contribution >= 0.6 is 0 Å². The molecule has 538 valence electrons. The highest BCUT2D eigenvalue weighted by Gasteiger charge is 2.45. The van der Waals surface area contributed by atoms with Crippen LogP contribution in [0.15, 0.2) is 30.3 Å². The van der Waals surface area contributed by atoms with E-state index in [0.29, 0.717) is 37.7 Å². The van der Waals surface area contributed by atoms with Gasteiger partial charge in [0.1, 0.15) is 36.5 Å². The van der Waals surface area contributed by atoms with E-state index >= 15 is 0 Å². The number of Topliss-reactive ketones (excluding diaryl/α,β-unsaturated/α-hetero) is 3. The van der Waals surface area contributed by atoms with Gasteiger partial charge in [-0.1, -0.05) is 36.8 Å². The molecule has 1 aliphatic heterocycles. The number of ketones is 3. The number of alkyl carbamates (subject to hydrolysis) is 1. The van der Waals surface area contributed by atoms with Gasteiger partial charge < -0.3 is 41.7 Å². The molecular formula is C49H71N5O41. The molecule has 1 aromatic rings. The second-order valence-corrected chi connectivity index (χ2v) is 20.2. The second-order valence-electron chi connectivity index (χ2n) is 20.2. The van der Waals surface area contributed by atoms with E-state index in [-0.39, 0.29) is 69.6 Å². The fraction of sp³-hybridized carbons (Fsp3) is 0.653. The monoisotopic (exact) mass is 1390 g/mol. The Hall–Kier alpha value is -7.09. The lowest BCUT2D eigenvalue weighted by Gasteiger charge is -2.31. The molecule has 1 aromatic carbocycles. The number of benzene rings is 1. The summed E-state index contributed by atoms with van der Waals surface area (Å²) in [5.74, 6) is -10.5. The topological polar surface area (TPSA) is 563 Å². The zero-order valence-corrected chi connectivity index (χ0v) is 50.5. The van der Waals surface area contributed by atoms with Crippen molar-refractivity contribution in [3.8, 4) is 0 Å². The third-order valence-corrected chi connectivity index (χ3v) is 13.5. The van der Waals surface area contributed by atoms with Crippen molar-refractivity contribution in [1.82, 2.24) is 20.9 Å². The Bertz CT molecular complexity index is 2430. The van der Waals surface area contributed by atoms with E-state index < -0.39 is 153 Å². The molecule has 4 unspecified atom stereocenters. The molecule has 1 heterocycles. The van der Waals surface area contributed by atoms with Crippen LogP contribution in [0, 0.1) is 29.1 Å². The zero-order chi connectivity index (χ0) is 69.5. The van der Waals surface area contributed by atoms with Gasteiger partial charge in [-0.3, -0.25) is 52.8 Å². The van der Waals surface area contributed by atoms with Gasteiger partial charge in [-0.15, -0.1) is 0 Å². The van der Waals surface area contributed by atoms with Gasteiger partial charge >= 0.3 is 24.0 Å². The predicted molar refractivity (Wildman–Crippen MR) is 277 cm³/mol. The van der Waals surface area contributed by atoms with Gasteiger partial charge in [-0.05, 0) is 174 Å². The van der Waals surface area contributed by atoms with Gasteiger partial charge in [0.15, 0.2) is 0 Å². The number of nitrogens with one attached hydrogen (secondary N) is 3. The molecule has 2 fully saturated rings. The van der Waals surface area contributed by atoms with Crippen molar-refractivity contribution in [3.63, 3.8) is 0 Å². The van der Waals surface area contributed by atoms with Crippen LogP contribution in [0.1, 0.15) is 108 Å². The maximum atomic E-state index is 14.2. The van der Waals surface area contributed by atoms with E-state index in [1.807, 2.05) is 0 Å². The molecule has 0 aromatic heterocycles. The van der Waals surface area contributed by atoms with Gasteiger partial charge in [-0.25, -0.2) is 24.3 Å². The fourth-order valence-corrected chi connectivity index (χ4v) is 9.11. The zero-order valence-electron chi connectivity index (χ0n) is 50.5. The molecule has 1 saturated heterocycles. The third-order valence-electron chi connectivity index (χ3n) is 13.5. The number of carboxylic acids is 3. The first-order valence-corrected chi connectivity index (χ1v) is 28.1. The molecular weight excluding hydrogens is 1310 g/mol. The number of rotatable bonds is 59. The van der Waals surface area contributed by atoms with Gasteiger partial charge in [0.25, 0.3) is 0 Å². The number of imide groups is 1. The Balaban J connectivity index is 1.70. The van der Waals surface area contributed by atoms with E-state index in [0.717, 1.165) is 19.1 Å². The lowest BCUT2D eigenvalue weighted by molar-refractivity contribution is -0.870. The van der Waals surface area contributed by atoms with Crippen molar-refractivity contribution in [2.45, 2.75) is 121 Å². The van der Waals surface area contributed by atoms with Gasteiger partial charge in [0.05, 0.1) is 45.2 Å². The summed E-state index contributed by atoms with van der Waals surface area (Å²) in [7, 11) is 2.08. The number of carbonyl (C=O) groups is 11. The van der Waals surface area contributed by atoms with Gasteiger partial charge in [0, 0.05) is 75.9 Å². The number of carbonyl (C=O) groups excluding carboxylic acids is 8. The van der Waals surface area contributed by atoms with Crippen molar-refractivity contribution in [2.75, 3.05) is 53.7 Å². The number of aliphatic carboxylic acids is 3. The number of amides is 5. The molecule has 0 spiro atoms. The summed E-state index contributed by atoms with van der Waals surface area (Å²) >= 11 is 0. The highest BCUT2D eigenvalue weighted by Crippen LogP contribution is 2.35. The number of unbranched alkanes of at least 4 members (excludes halogenated alkanes) is 1. The summed E-state index contributed by atoms with van der Waals surface area (Å²) in [4.78, 5) is 160. The average Bonchev–Trinajstić information content (AvgIpc) is 1.69. The van der Waals surface area contributed by atoms with Gasteiger partial charge in [-0.2, -0.15) is 0 Å². The van der Waals surface area contributed by atoms with E-state index in [2.05, 4.69) is 137 Å². The number of hydrogen-bond acceptors (Lipinski definition) is 39. The quantitative estimate of drug-likeness (QED) is 0.0203. The molecule has 5 amide bonds. The molecule has 46 heteroatoms. The second kappa shape index (κ2) is 49.4. The highest BCUT2D eigenvalue weighted by molar-refractivity contribution is 6.04.